The zero-order chi connectivity index (χ0) is 23.8. The molecular weight excluding hydrogens is 478 g/mol. The number of allylic oxidation sites excluding steroid dienone is 1. The van der Waals surface area contributed by atoms with E-state index >= 15 is 0 Å². The highest BCUT2D eigenvalue weighted by molar-refractivity contribution is 6.31. The van der Waals surface area contributed by atoms with E-state index < -0.39 is 17.9 Å². The molecule has 0 radical (unpaired) electrons. The van der Waals surface area contributed by atoms with E-state index in [0.717, 1.165) is 0 Å². The van der Waals surface area contributed by atoms with Gasteiger partial charge in [-0.25, -0.2) is 9.18 Å². The first kappa shape index (κ1) is 22.1. The summed E-state index contributed by atoms with van der Waals surface area (Å²) in [6.07, 6.45) is 0. The largest absolute Gasteiger partial charge is 0.334 e. The van der Waals surface area contributed by atoms with Crippen LogP contribution < -0.4 is 10.2 Å². The Labute approximate surface area is 204 Å². The Kier molecular flexibility index (Phi) is 5.81. The first-order valence-electron chi connectivity index (χ1n) is 10.3. The molecule has 4 aromatic rings. The summed E-state index contributed by atoms with van der Waals surface area (Å²) in [5.74, 6) is 0.133. The van der Waals surface area contributed by atoms with Gasteiger partial charge in [0.05, 0.1) is 17.3 Å². The minimum absolute atomic E-state index is 0.198. The fourth-order valence-electron chi connectivity index (χ4n) is 3.93. The van der Waals surface area contributed by atoms with Crippen LogP contribution >= 0.6 is 23.2 Å². The summed E-state index contributed by atoms with van der Waals surface area (Å²) in [5.41, 5.74) is 2.91. The van der Waals surface area contributed by atoms with Crippen molar-refractivity contribution in [3.05, 3.63) is 106 Å². The maximum Gasteiger partial charge on any atom is 0.326 e. The van der Waals surface area contributed by atoms with Crippen molar-refractivity contribution in [2.75, 3.05) is 4.90 Å². The second-order valence-corrected chi connectivity index (χ2v) is 8.55. The average Bonchev–Trinajstić information content (AvgIpc) is 3.29. The molecule has 1 aliphatic heterocycles. The van der Waals surface area contributed by atoms with Crippen LogP contribution in [0.1, 0.15) is 24.4 Å². The van der Waals surface area contributed by atoms with E-state index in [1.165, 1.54) is 17.0 Å². The number of hydrogen-bond acceptors (Lipinski definition) is 4. The van der Waals surface area contributed by atoms with Gasteiger partial charge < -0.3 is 9.84 Å². The fraction of sp³-hybridized carbons (Fsp3) is 0.0800. The number of aromatic nitrogens is 2. The first-order valence-corrected chi connectivity index (χ1v) is 11.1. The van der Waals surface area contributed by atoms with Crippen molar-refractivity contribution in [1.29, 1.82) is 0 Å². The van der Waals surface area contributed by atoms with Crippen molar-refractivity contribution in [2.24, 2.45) is 0 Å². The SMILES string of the molecule is CC1=C(c2nc(-c3ccc(Cl)cc3)no2)C(c2cccc(F)c2)NC(=O)N1c1cccc(Cl)c1. The maximum absolute atomic E-state index is 14.1. The number of benzene rings is 3. The molecule has 0 saturated heterocycles. The molecule has 9 heteroatoms. The van der Waals surface area contributed by atoms with Crippen LogP contribution in [0.5, 0.6) is 0 Å². The zero-order valence-corrected chi connectivity index (χ0v) is 19.3. The molecule has 0 bridgehead atoms. The number of urea groups is 1. The summed E-state index contributed by atoms with van der Waals surface area (Å²) in [7, 11) is 0. The lowest BCUT2D eigenvalue weighted by Crippen LogP contribution is -2.46. The van der Waals surface area contributed by atoms with Crippen LogP contribution in [0.2, 0.25) is 10.0 Å². The van der Waals surface area contributed by atoms with Crippen molar-refractivity contribution < 1.29 is 13.7 Å². The van der Waals surface area contributed by atoms with Gasteiger partial charge in [0.1, 0.15) is 5.82 Å². The summed E-state index contributed by atoms with van der Waals surface area (Å²) >= 11 is 12.2. The average molecular weight is 495 g/mol. The Morgan fingerprint density at radius 2 is 1.76 bits per heavy atom. The molecule has 0 aliphatic carbocycles. The number of carbonyl (C=O) groups excluding carboxylic acids is 1. The number of nitrogens with zero attached hydrogens (tertiary/aromatic N) is 3. The molecule has 34 heavy (non-hydrogen) atoms. The molecular formula is C25H17Cl2FN4O2. The van der Waals surface area contributed by atoms with E-state index in [1.807, 2.05) is 0 Å². The van der Waals surface area contributed by atoms with Crippen LogP contribution in [0, 0.1) is 5.82 Å². The van der Waals surface area contributed by atoms with E-state index in [-0.39, 0.29) is 5.89 Å². The van der Waals surface area contributed by atoms with Gasteiger partial charge >= 0.3 is 6.03 Å². The van der Waals surface area contributed by atoms with E-state index in [2.05, 4.69) is 15.5 Å². The summed E-state index contributed by atoms with van der Waals surface area (Å²) in [5, 5.41) is 8.12. The van der Waals surface area contributed by atoms with E-state index in [9.17, 15) is 9.18 Å². The number of nitrogens with one attached hydrogen (secondary N) is 1. The van der Waals surface area contributed by atoms with E-state index in [0.29, 0.717) is 44.0 Å². The van der Waals surface area contributed by atoms with Gasteiger partial charge in [-0.2, -0.15) is 4.98 Å². The molecule has 1 aliphatic rings. The minimum Gasteiger partial charge on any atom is -0.334 e. The smallest absolute Gasteiger partial charge is 0.326 e. The number of amides is 2. The van der Waals surface area contributed by atoms with Crippen LogP contribution in [0.25, 0.3) is 17.0 Å². The molecule has 6 nitrogen and oxygen atoms in total. The minimum atomic E-state index is -0.711. The third-order valence-corrected chi connectivity index (χ3v) is 5.98. The van der Waals surface area contributed by atoms with Gasteiger partial charge in [-0.15, -0.1) is 0 Å². The molecule has 5 rings (SSSR count). The summed E-state index contributed by atoms with van der Waals surface area (Å²) in [6, 6.07) is 18.9. The van der Waals surface area contributed by atoms with Gasteiger partial charge in [-0.05, 0) is 67.1 Å². The topological polar surface area (TPSA) is 71.3 Å². The van der Waals surface area contributed by atoms with Crippen LogP contribution in [-0.2, 0) is 0 Å². The van der Waals surface area contributed by atoms with Gasteiger partial charge in [0, 0.05) is 21.3 Å². The van der Waals surface area contributed by atoms with Gasteiger partial charge in [-0.3, -0.25) is 4.90 Å². The number of rotatable bonds is 4. The number of anilines is 1. The third kappa shape index (κ3) is 4.16. The molecule has 0 fully saturated rings. The molecule has 1 atom stereocenters. The van der Waals surface area contributed by atoms with Crippen molar-refractivity contribution in [3.63, 3.8) is 0 Å². The Balaban J connectivity index is 1.66. The molecule has 3 aromatic carbocycles. The van der Waals surface area contributed by atoms with Crippen molar-refractivity contribution in [1.82, 2.24) is 15.5 Å². The molecule has 2 amide bonds. The monoisotopic (exact) mass is 494 g/mol. The molecule has 2 heterocycles. The first-order chi connectivity index (χ1) is 16.4. The van der Waals surface area contributed by atoms with Crippen LogP contribution in [0.4, 0.5) is 14.9 Å². The van der Waals surface area contributed by atoms with Gasteiger partial charge in [0.15, 0.2) is 0 Å². The summed E-state index contributed by atoms with van der Waals surface area (Å²) in [6.45, 7) is 1.77. The third-order valence-electron chi connectivity index (χ3n) is 5.49. The zero-order valence-electron chi connectivity index (χ0n) is 17.8. The van der Waals surface area contributed by atoms with Crippen molar-refractivity contribution in [2.45, 2.75) is 13.0 Å². The van der Waals surface area contributed by atoms with E-state index in [4.69, 9.17) is 27.7 Å². The predicted octanol–water partition coefficient (Wildman–Crippen LogP) is 6.88. The lowest BCUT2D eigenvalue weighted by molar-refractivity contribution is 0.244. The highest BCUT2D eigenvalue weighted by Crippen LogP contribution is 2.39. The molecule has 170 valence electrons. The summed E-state index contributed by atoms with van der Waals surface area (Å²) in [4.78, 5) is 19.2. The maximum atomic E-state index is 14.1. The molecule has 1 aromatic heterocycles. The van der Waals surface area contributed by atoms with Crippen LogP contribution in [0.15, 0.2) is 83.0 Å². The number of halogens is 3. The molecule has 0 saturated carbocycles. The van der Waals surface area contributed by atoms with Crippen LogP contribution in [-0.4, -0.2) is 16.2 Å². The Bertz CT molecular complexity index is 1420. The lowest BCUT2D eigenvalue weighted by atomic mass is 9.94. The molecule has 0 spiro atoms. The number of hydrogen-bond donors (Lipinski definition) is 1. The van der Waals surface area contributed by atoms with Crippen LogP contribution in [0.3, 0.4) is 0 Å². The second kappa shape index (κ2) is 8.93. The Hall–Kier alpha value is -3.68. The Morgan fingerprint density at radius 1 is 1.00 bits per heavy atom. The predicted molar refractivity (Wildman–Crippen MR) is 129 cm³/mol. The molecule has 1 unspecified atom stereocenters. The fourth-order valence-corrected chi connectivity index (χ4v) is 4.24. The second-order valence-electron chi connectivity index (χ2n) is 7.68. The van der Waals surface area contributed by atoms with Crippen molar-refractivity contribution >= 4 is 40.5 Å². The Morgan fingerprint density at radius 3 is 2.50 bits per heavy atom. The van der Waals surface area contributed by atoms with Gasteiger partial charge in [-0.1, -0.05) is 46.6 Å². The van der Waals surface area contributed by atoms with Gasteiger partial charge in [0.25, 0.3) is 5.89 Å². The normalized spacial score (nSPS) is 16.1. The lowest BCUT2D eigenvalue weighted by Gasteiger charge is -2.35. The standard InChI is InChI=1S/C25H17Cl2FN4O2/c1-14-21(24-30-23(31-34-24)15-8-10-17(26)11-9-15)22(16-4-2-6-19(28)12-16)29-25(33)32(14)20-7-3-5-18(27)13-20/h2-13,22H,1H3,(H,29,33). The van der Waals surface area contributed by atoms with E-state index in [1.54, 1.807) is 67.6 Å². The summed E-state index contributed by atoms with van der Waals surface area (Å²) < 4.78 is 19.7. The highest BCUT2D eigenvalue weighted by Gasteiger charge is 2.36. The highest BCUT2D eigenvalue weighted by atomic mass is 35.5. The molecule has 1 N–H and O–H groups in total. The number of carbonyl (C=O) groups is 1. The van der Waals surface area contributed by atoms with Gasteiger partial charge in [0.2, 0.25) is 5.82 Å². The van der Waals surface area contributed by atoms with Crippen molar-refractivity contribution in [3.8, 4) is 11.4 Å². The quantitative estimate of drug-likeness (QED) is 0.335.